The first-order valence-corrected chi connectivity index (χ1v) is 25.0. The molecule has 0 spiro atoms. The Morgan fingerprint density at radius 3 is 1.23 bits per heavy atom. The molecule has 0 aromatic heterocycles. The lowest BCUT2D eigenvalue weighted by Gasteiger charge is -2.18. The molecule has 0 rings (SSSR count). The standard InChI is InChI=1S/C54H92O6/c1-4-7-10-13-16-19-22-25-27-30-32-35-38-41-44-47-53(56)59-50-51(49-58-52(55)46-43-40-37-34-31-28-24-21-18-15-12-9-6-3)60-54(57)48-45-42-39-36-33-29-26-23-20-17-14-11-8-5-2/h8,11,16-17,19-20,22,25,28,31,37,40,51H,4-7,9-10,12-15,18,21,23-24,26-27,29-30,32-36,38-39,41-50H2,1-3H3/b11-8-,19-16-,20-17-,25-22-,31-28-,40-37-. The van der Waals surface area contributed by atoms with Crippen molar-refractivity contribution >= 4 is 17.9 Å². The van der Waals surface area contributed by atoms with Gasteiger partial charge in [0.15, 0.2) is 6.10 Å². The van der Waals surface area contributed by atoms with E-state index in [0.717, 1.165) is 77.0 Å². The van der Waals surface area contributed by atoms with Crippen molar-refractivity contribution in [2.75, 3.05) is 13.2 Å². The van der Waals surface area contributed by atoms with Crippen molar-refractivity contribution in [3.05, 3.63) is 72.9 Å². The summed E-state index contributed by atoms with van der Waals surface area (Å²) in [6, 6.07) is 0. The molecular formula is C54H92O6. The first kappa shape index (κ1) is 56.9. The number of ether oxygens (including phenoxy) is 3. The van der Waals surface area contributed by atoms with Crippen molar-refractivity contribution in [1.82, 2.24) is 0 Å². The van der Waals surface area contributed by atoms with Gasteiger partial charge in [-0.15, -0.1) is 0 Å². The quantitative estimate of drug-likeness (QED) is 0.0200. The van der Waals surface area contributed by atoms with Gasteiger partial charge >= 0.3 is 17.9 Å². The molecule has 0 amide bonds. The predicted molar refractivity (Wildman–Crippen MR) is 256 cm³/mol. The highest BCUT2D eigenvalue weighted by atomic mass is 16.6. The Bertz CT molecular complexity index is 1140. The number of carbonyl (C=O) groups excluding carboxylic acids is 3. The minimum absolute atomic E-state index is 0.102. The normalized spacial score (nSPS) is 12.7. The zero-order valence-electron chi connectivity index (χ0n) is 39.2. The van der Waals surface area contributed by atoms with Gasteiger partial charge in [-0.3, -0.25) is 14.4 Å². The molecule has 344 valence electrons. The lowest BCUT2D eigenvalue weighted by molar-refractivity contribution is -0.166. The van der Waals surface area contributed by atoms with Gasteiger partial charge in [-0.2, -0.15) is 0 Å². The highest BCUT2D eigenvalue weighted by Gasteiger charge is 2.19. The van der Waals surface area contributed by atoms with Crippen molar-refractivity contribution in [1.29, 1.82) is 0 Å². The molecule has 0 radical (unpaired) electrons. The zero-order chi connectivity index (χ0) is 43.7. The summed E-state index contributed by atoms with van der Waals surface area (Å²) in [6.07, 6.45) is 60.3. The number of rotatable bonds is 44. The fourth-order valence-electron chi connectivity index (χ4n) is 6.70. The number of hydrogen-bond donors (Lipinski definition) is 0. The Hall–Kier alpha value is -3.15. The van der Waals surface area contributed by atoms with Gasteiger partial charge in [0.1, 0.15) is 13.2 Å². The third-order valence-electron chi connectivity index (χ3n) is 10.5. The SMILES string of the molecule is CC/C=C\C/C=C\CCCCCCCCCC(=O)OC(COC(=O)CC/C=C\C/C=C\CCCCCCCC)COC(=O)CCCCCCCC/C=C\C=C/CCCCC. The smallest absolute Gasteiger partial charge is 0.306 e. The van der Waals surface area contributed by atoms with Gasteiger partial charge in [0.05, 0.1) is 0 Å². The Labute approximate surface area is 370 Å². The van der Waals surface area contributed by atoms with E-state index >= 15 is 0 Å². The van der Waals surface area contributed by atoms with E-state index in [1.165, 1.54) is 109 Å². The monoisotopic (exact) mass is 837 g/mol. The van der Waals surface area contributed by atoms with E-state index in [-0.39, 0.29) is 37.5 Å². The maximum Gasteiger partial charge on any atom is 0.306 e. The van der Waals surface area contributed by atoms with Crippen LogP contribution in [-0.2, 0) is 28.6 Å². The minimum Gasteiger partial charge on any atom is -0.462 e. The second kappa shape index (κ2) is 48.5. The first-order valence-electron chi connectivity index (χ1n) is 25.0. The Balaban J connectivity index is 4.48. The summed E-state index contributed by atoms with van der Waals surface area (Å²) in [4.78, 5) is 37.9. The molecule has 1 atom stereocenters. The molecule has 0 saturated heterocycles. The molecule has 0 aliphatic rings. The van der Waals surface area contributed by atoms with Crippen LogP contribution >= 0.6 is 0 Å². The third-order valence-corrected chi connectivity index (χ3v) is 10.5. The molecule has 0 heterocycles. The van der Waals surface area contributed by atoms with Crippen LogP contribution in [0.5, 0.6) is 0 Å². The lowest BCUT2D eigenvalue weighted by atomic mass is 10.1. The second-order valence-corrected chi connectivity index (χ2v) is 16.4. The van der Waals surface area contributed by atoms with E-state index in [1.807, 2.05) is 6.08 Å². The average molecular weight is 837 g/mol. The van der Waals surface area contributed by atoms with Gasteiger partial charge < -0.3 is 14.2 Å². The second-order valence-electron chi connectivity index (χ2n) is 16.4. The molecular weight excluding hydrogens is 745 g/mol. The highest BCUT2D eigenvalue weighted by molar-refractivity contribution is 5.71. The summed E-state index contributed by atoms with van der Waals surface area (Å²) in [5.74, 6) is -0.993. The number of esters is 3. The number of allylic oxidation sites excluding steroid dienone is 12. The first-order chi connectivity index (χ1) is 29.5. The highest BCUT2D eigenvalue weighted by Crippen LogP contribution is 2.13. The van der Waals surface area contributed by atoms with E-state index in [9.17, 15) is 14.4 Å². The van der Waals surface area contributed by atoms with Gasteiger partial charge in [0, 0.05) is 19.3 Å². The van der Waals surface area contributed by atoms with Crippen LogP contribution in [0, 0.1) is 0 Å². The number of hydrogen-bond acceptors (Lipinski definition) is 6. The van der Waals surface area contributed by atoms with Gasteiger partial charge in [-0.05, 0) is 89.9 Å². The van der Waals surface area contributed by atoms with Gasteiger partial charge in [0.25, 0.3) is 0 Å². The number of carbonyl (C=O) groups is 3. The summed E-state index contributed by atoms with van der Waals surface area (Å²) in [5, 5.41) is 0. The maximum absolute atomic E-state index is 12.8. The predicted octanol–water partition coefficient (Wildman–Crippen LogP) is 16.3. The van der Waals surface area contributed by atoms with Crippen LogP contribution in [-0.4, -0.2) is 37.2 Å². The van der Waals surface area contributed by atoms with Gasteiger partial charge in [0.2, 0.25) is 0 Å². The van der Waals surface area contributed by atoms with Crippen LogP contribution < -0.4 is 0 Å². The molecule has 6 nitrogen and oxygen atoms in total. The minimum atomic E-state index is -0.806. The molecule has 0 N–H and O–H groups in total. The Morgan fingerprint density at radius 2 is 0.733 bits per heavy atom. The molecule has 1 unspecified atom stereocenters. The van der Waals surface area contributed by atoms with E-state index in [1.54, 1.807) is 0 Å². The summed E-state index contributed by atoms with van der Waals surface area (Å²) in [5.41, 5.74) is 0. The van der Waals surface area contributed by atoms with E-state index < -0.39 is 6.10 Å². The molecule has 0 aliphatic carbocycles. The van der Waals surface area contributed by atoms with Crippen LogP contribution in [0.4, 0.5) is 0 Å². The molecule has 0 saturated carbocycles. The maximum atomic E-state index is 12.8. The topological polar surface area (TPSA) is 78.9 Å². The molecule has 60 heavy (non-hydrogen) atoms. The third kappa shape index (κ3) is 45.9. The average Bonchev–Trinajstić information content (AvgIpc) is 3.24. The van der Waals surface area contributed by atoms with Crippen molar-refractivity contribution in [3.8, 4) is 0 Å². The van der Waals surface area contributed by atoms with Gasteiger partial charge in [-0.1, -0.05) is 196 Å². The van der Waals surface area contributed by atoms with E-state index in [0.29, 0.717) is 19.3 Å². The fraction of sp³-hybridized carbons (Fsp3) is 0.722. The van der Waals surface area contributed by atoms with E-state index in [2.05, 4.69) is 87.6 Å². The summed E-state index contributed by atoms with van der Waals surface area (Å²) in [7, 11) is 0. The van der Waals surface area contributed by atoms with Crippen molar-refractivity contribution < 1.29 is 28.6 Å². The molecule has 0 bridgehead atoms. The molecule has 0 aromatic rings. The van der Waals surface area contributed by atoms with Gasteiger partial charge in [-0.25, -0.2) is 0 Å². The fourth-order valence-corrected chi connectivity index (χ4v) is 6.70. The van der Waals surface area contributed by atoms with Crippen LogP contribution in [0.3, 0.4) is 0 Å². The molecule has 6 heteroatoms. The van der Waals surface area contributed by atoms with Crippen LogP contribution in [0.15, 0.2) is 72.9 Å². The Morgan fingerprint density at radius 1 is 0.367 bits per heavy atom. The van der Waals surface area contributed by atoms with Crippen LogP contribution in [0.25, 0.3) is 0 Å². The molecule has 0 fully saturated rings. The summed E-state index contributed by atoms with van der Waals surface area (Å²) >= 11 is 0. The van der Waals surface area contributed by atoms with Crippen molar-refractivity contribution in [2.24, 2.45) is 0 Å². The van der Waals surface area contributed by atoms with Crippen LogP contribution in [0.2, 0.25) is 0 Å². The molecule has 0 aliphatic heterocycles. The summed E-state index contributed by atoms with van der Waals surface area (Å²) in [6.45, 7) is 6.42. The van der Waals surface area contributed by atoms with E-state index in [4.69, 9.17) is 14.2 Å². The molecule has 0 aromatic carbocycles. The summed E-state index contributed by atoms with van der Waals surface area (Å²) < 4.78 is 16.7. The zero-order valence-corrected chi connectivity index (χ0v) is 39.2. The lowest BCUT2D eigenvalue weighted by Crippen LogP contribution is -2.30. The van der Waals surface area contributed by atoms with Crippen molar-refractivity contribution in [3.63, 3.8) is 0 Å². The number of unbranched alkanes of at least 4 members (excludes halogenated alkanes) is 22. The largest absolute Gasteiger partial charge is 0.462 e. The Kier molecular flexibility index (Phi) is 46.0. The van der Waals surface area contributed by atoms with Crippen molar-refractivity contribution in [2.45, 2.75) is 239 Å². The van der Waals surface area contributed by atoms with Crippen LogP contribution in [0.1, 0.15) is 233 Å².